The van der Waals surface area contributed by atoms with Crippen molar-refractivity contribution in [3.63, 3.8) is 0 Å². The molecule has 0 atom stereocenters. The van der Waals surface area contributed by atoms with Gasteiger partial charge in [-0.25, -0.2) is 4.79 Å². The van der Waals surface area contributed by atoms with Crippen molar-refractivity contribution in [2.75, 3.05) is 6.54 Å². The van der Waals surface area contributed by atoms with Crippen LogP contribution >= 0.6 is 11.6 Å². The van der Waals surface area contributed by atoms with Crippen LogP contribution in [0.3, 0.4) is 0 Å². The summed E-state index contributed by atoms with van der Waals surface area (Å²) in [6.07, 6.45) is 5.94. The van der Waals surface area contributed by atoms with E-state index in [2.05, 4.69) is 14.0 Å². The molecule has 30 heavy (non-hydrogen) atoms. The van der Waals surface area contributed by atoms with Crippen molar-refractivity contribution >= 4 is 44.9 Å². The van der Waals surface area contributed by atoms with Crippen LogP contribution < -0.4 is 4.72 Å². The van der Waals surface area contributed by atoms with Gasteiger partial charge in [-0.2, -0.15) is 18.2 Å². The van der Waals surface area contributed by atoms with Gasteiger partial charge in [-0.05, 0) is 43.7 Å². The van der Waals surface area contributed by atoms with Crippen LogP contribution in [0.2, 0.25) is 5.02 Å². The van der Waals surface area contributed by atoms with Crippen LogP contribution in [-0.2, 0) is 26.3 Å². The lowest BCUT2D eigenvalue weighted by Crippen LogP contribution is -2.28. The second kappa shape index (κ2) is 9.03. The van der Waals surface area contributed by atoms with Crippen molar-refractivity contribution in [1.29, 1.82) is 0 Å². The van der Waals surface area contributed by atoms with Gasteiger partial charge in [0.15, 0.2) is 0 Å². The highest BCUT2D eigenvalue weighted by Gasteiger charge is 2.17. The number of aromatic nitrogens is 3. The summed E-state index contributed by atoms with van der Waals surface area (Å²) in [5.41, 5.74) is 2.26. The lowest BCUT2D eigenvalue weighted by atomic mass is 10.2. The third kappa shape index (κ3) is 4.92. The summed E-state index contributed by atoms with van der Waals surface area (Å²) in [5.74, 6) is -0.268. The molecule has 0 saturated carbocycles. The molecule has 2 aromatic heterocycles. The van der Waals surface area contributed by atoms with Gasteiger partial charge in [0.25, 0.3) is 0 Å². The Morgan fingerprint density at radius 2 is 2.10 bits per heavy atom. The first-order valence-corrected chi connectivity index (χ1v) is 11.2. The molecule has 0 aliphatic heterocycles. The van der Waals surface area contributed by atoms with E-state index in [4.69, 9.17) is 11.6 Å². The summed E-state index contributed by atoms with van der Waals surface area (Å²) in [5, 5.41) is 6.02. The molecule has 1 N–H and O–H groups in total. The van der Waals surface area contributed by atoms with Crippen LogP contribution in [0.25, 0.3) is 22.8 Å². The second-order valence-corrected chi connectivity index (χ2v) is 8.57. The number of rotatable bonds is 8. The van der Waals surface area contributed by atoms with E-state index >= 15 is 0 Å². The van der Waals surface area contributed by atoms with E-state index in [9.17, 15) is 13.2 Å². The van der Waals surface area contributed by atoms with Crippen LogP contribution in [0.5, 0.6) is 0 Å². The number of nitrogens with zero attached hydrogens (tertiary/aromatic N) is 3. The number of benzene rings is 1. The number of halogens is 1. The van der Waals surface area contributed by atoms with Gasteiger partial charge in [0.1, 0.15) is 5.82 Å². The van der Waals surface area contributed by atoms with Gasteiger partial charge in [0.05, 0.1) is 11.2 Å². The van der Waals surface area contributed by atoms with Crippen molar-refractivity contribution in [3.05, 3.63) is 52.8 Å². The van der Waals surface area contributed by atoms with E-state index in [0.29, 0.717) is 22.7 Å². The smallest absolute Gasteiger partial charge is 0.330 e. The van der Waals surface area contributed by atoms with E-state index < -0.39 is 16.3 Å². The van der Waals surface area contributed by atoms with Crippen LogP contribution in [0.15, 0.2) is 36.5 Å². The number of hydrogen-bond donors (Lipinski definition) is 1. The second-order valence-electron chi connectivity index (χ2n) is 6.77. The molecule has 0 unspecified atom stereocenters. The van der Waals surface area contributed by atoms with E-state index in [1.165, 1.54) is 6.08 Å². The molecular formula is C20H23ClN4O4S. The summed E-state index contributed by atoms with van der Waals surface area (Å²) >= 11 is 6.07. The molecule has 0 spiro atoms. The standard InChI is InChI=1S/C20H23ClN4O4S/c1-4-5-11-22-30(27,28)29-19(26)9-7-17-14(2)23-24(3)20(17)25-12-10-15-13-16(21)6-8-18(15)25/h6-10,12-13,22H,4-5,11H2,1-3H3. The molecule has 0 fully saturated rings. The topological polar surface area (TPSA) is 95.2 Å². The molecule has 0 saturated heterocycles. The maximum absolute atomic E-state index is 12.1. The van der Waals surface area contributed by atoms with Gasteiger partial charge < -0.3 is 8.75 Å². The average molecular weight is 451 g/mol. The fraction of sp³-hybridized carbons (Fsp3) is 0.300. The molecule has 10 heteroatoms. The van der Waals surface area contributed by atoms with E-state index in [-0.39, 0.29) is 6.54 Å². The first-order valence-electron chi connectivity index (χ1n) is 9.43. The Labute approximate surface area is 180 Å². The minimum atomic E-state index is -4.14. The average Bonchev–Trinajstić information content (AvgIpc) is 3.18. The molecule has 0 radical (unpaired) electrons. The van der Waals surface area contributed by atoms with Crippen molar-refractivity contribution in [3.8, 4) is 5.82 Å². The van der Waals surface area contributed by atoms with Crippen molar-refractivity contribution in [2.24, 2.45) is 7.05 Å². The fourth-order valence-corrected chi connectivity index (χ4v) is 4.04. The van der Waals surface area contributed by atoms with Gasteiger partial charge in [-0.1, -0.05) is 24.9 Å². The number of carbonyl (C=O) groups is 1. The molecule has 0 aliphatic rings. The zero-order valence-corrected chi connectivity index (χ0v) is 18.5. The Kier molecular flexibility index (Phi) is 6.64. The zero-order valence-electron chi connectivity index (χ0n) is 16.9. The molecule has 0 amide bonds. The Morgan fingerprint density at radius 1 is 1.33 bits per heavy atom. The van der Waals surface area contributed by atoms with Gasteiger partial charge in [0, 0.05) is 41.8 Å². The molecular weight excluding hydrogens is 428 g/mol. The lowest BCUT2D eigenvalue weighted by molar-refractivity contribution is -0.128. The van der Waals surface area contributed by atoms with Gasteiger partial charge in [-0.15, -0.1) is 0 Å². The molecule has 3 aromatic rings. The normalized spacial score (nSPS) is 12.1. The zero-order chi connectivity index (χ0) is 21.9. The quantitative estimate of drug-likeness (QED) is 0.418. The Morgan fingerprint density at radius 3 is 2.83 bits per heavy atom. The van der Waals surface area contributed by atoms with Gasteiger partial charge >= 0.3 is 16.3 Å². The third-order valence-electron chi connectivity index (χ3n) is 4.50. The maximum atomic E-state index is 12.1. The fourth-order valence-electron chi connectivity index (χ4n) is 3.13. The van der Waals surface area contributed by atoms with E-state index in [1.54, 1.807) is 24.7 Å². The Balaban J connectivity index is 1.88. The molecule has 1 aromatic carbocycles. The number of carbonyl (C=O) groups excluding carboxylic acids is 1. The maximum Gasteiger partial charge on any atom is 0.385 e. The van der Waals surface area contributed by atoms with Crippen LogP contribution in [0.4, 0.5) is 0 Å². The molecule has 3 rings (SSSR count). The lowest BCUT2D eigenvalue weighted by Gasteiger charge is -2.08. The molecule has 0 aliphatic carbocycles. The van der Waals surface area contributed by atoms with E-state index in [0.717, 1.165) is 29.2 Å². The Bertz CT molecular complexity index is 1210. The first-order chi connectivity index (χ1) is 14.2. The predicted molar refractivity (Wildman–Crippen MR) is 117 cm³/mol. The van der Waals surface area contributed by atoms with E-state index in [1.807, 2.05) is 35.9 Å². The van der Waals surface area contributed by atoms with Crippen LogP contribution in [-0.4, -0.2) is 35.3 Å². The van der Waals surface area contributed by atoms with Gasteiger partial charge in [0.2, 0.25) is 0 Å². The number of fused-ring (bicyclic) bond motifs is 1. The number of unbranched alkanes of at least 4 members (excludes halogenated alkanes) is 1. The summed E-state index contributed by atoms with van der Waals surface area (Å²) in [6.45, 7) is 3.95. The highest BCUT2D eigenvalue weighted by molar-refractivity contribution is 7.85. The molecule has 8 nitrogen and oxygen atoms in total. The van der Waals surface area contributed by atoms with Crippen LogP contribution in [0, 0.1) is 6.92 Å². The number of nitrogens with one attached hydrogen (secondary N) is 1. The first kappa shape index (κ1) is 22.1. The van der Waals surface area contributed by atoms with Crippen LogP contribution in [0.1, 0.15) is 31.0 Å². The highest BCUT2D eigenvalue weighted by atomic mass is 35.5. The van der Waals surface area contributed by atoms with Crippen molar-refractivity contribution in [2.45, 2.75) is 26.7 Å². The monoisotopic (exact) mass is 450 g/mol. The number of aryl methyl sites for hydroxylation is 2. The van der Waals surface area contributed by atoms with Crippen molar-refractivity contribution < 1.29 is 17.4 Å². The predicted octanol–water partition coefficient (Wildman–Crippen LogP) is 3.52. The Hall–Kier alpha value is -2.62. The molecule has 160 valence electrons. The van der Waals surface area contributed by atoms with Crippen molar-refractivity contribution in [1.82, 2.24) is 19.1 Å². The minimum absolute atomic E-state index is 0.215. The summed E-state index contributed by atoms with van der Waals surface area (Å²) in [7, 11) is -2.34. The van der Waals surface area contributed by atoms with Gasteiger partial charge in [-0.3, -0.25) is 4.68 Å². The largest absolute Gasteiger partial charge is 0.385 e. The summed E-state index contributed by atoms with van der Waals surface area (Å²) in [4.78, 5) is 12.1. The summed E-state index contributed by atoms with van der Waals surface area (Å²) in [6, 6.07) is 7.49. The SMILES string of the molecule is CCCCNS(=O)(=O)OC(=O)C=Cc1c(C)nn(C)c1-n1ccc2cc(Cl)ccc21. The minimum Gasteiger partial charge on any atom is -0.330 e. The third-order valence-corrected chi connectivity index (χ3v) is 5.68. The number of hydrogen-bond acceptors (Lipinski definition) is 5. The highest BCUT2D eigenvalue weighted by Crippen LogP contribution is 2.27. The molecule has 2 heterocycles. The molecule has 0 bridgehead atoms. The summed E-state index contributed by atoms with van der Waals surface area (Å²) < 4.78 is 34.0.